The Labute approximate surface area is 152 Å². The summed E-state index contributed by atoms with van der Waals surface area (Å²) in [6.45, 7) is 7.52. The predicted octanol–water partition coefficient (Wildman–Crippen LogP) is 2.16. The predicted molar refractivity (Wildman–Crippen MR) is 101 cm³/mol. The lowest BCUT2D eigenvalue weighted by Crippen LogP contribution is -2.41. The van der Waals surface area contributed by atoms with Crippen molar-refractivity contribution in [2.24, 2.45) is 5.92 Å². The first-order chi connectivity index (χ1) is 12.2. The van der Waals surface area contributed by atoms with E-state index in [4.69, 9.17) is 4.74 Å². The van der Waals surface area contributed by atoms with Gasteiger partial charge in [0.25, 0.3) is 0 Å². The number of nitrogens with one attached hydrogen (secondary N) is 2. The number of piperidine rings is 1. The fourth-order valence-corrected chi connectivity index (χ4v) is 3.32. The zero-order valence-electron chi connectivity index (χ0n) is 15.7. The Morgan fingerprint density at radius 3 is 2.64 bits per heavy atom. The Hall–Kier alpha value is -1.43. The summed E-state index contributed by atoms with van der Waals surface area (Å²) in [5.74, 6) is 0.914. The third-order valence-corrected chi connectivity index (χ3v) is 4.93. The van der Waals surface area contributed by atoms with E-state index in [1.54, 1.807) is 0 Å². The standard InChI is InChI=1S/C20H33N3O2/c1-3-25-16-19-7-5-4-6-18(19)14-22-20(24)15-23-12-9-17(10-13-23)8-11-21-2/h4-7,17,21H,3,8-16H2,1-2H3,(H,22,24). The van der Waals surface area contributed by atoms with Crippen LogP contribution in [0, 0.1) is 5.92 Å². The monoisotopic (exact) mass is 347 g/mol. The van der Waals surface area contributed by atoms with Gasteiger partial charge in [0.15, 0.2) is 0 Å². The van der Waals surface area contributed by atoms with Gasteiger partial charge in [-0.2, -0.15) is 0 Å². The van der Waals surface area contributed by atoms with Gasteiger partial charge in [0.2, 0.25) is 5.91 Å². The van der Waals surface area contributed by atoms with E-state index in [-0.39, 0.29) is 5.91 Å². The molecular formula is C20H33N3O2. The maximum atomic E-state index is 12.3. The minimum atomic E-state index is 0.111. The number of hydrogen-bond donors (Lipinski definition) is 2. The number of nitrogens with zero attached hydrogens (tertiary/aromatic N) is 1. The lowest BCUT2D eigenvalue weighted by atomic mass is 9.93. The fraction of sp³-hybridized carbons (Fsp3) is 0.650. The second-order valence-electron chi connectivity index (χ2n) is 6.79. The lowest BCUT2D eigenvalue weighted by Gasteiger charge is -2.31. The van der Waals surface area contributed by atoms with Crippen LogP contribution in [0.4, 0.5) is 0 Å². The van der Waals surface area contributed by atoms with E-state index in [1.807, 2.05) is 26.1 Å². The molecule has 140 valence electrons. The topological polar surface area (TPSA) is 53.6 Å². The molecule has 0 atom stereocenters. The van der Waals surface area contributed by atoms with Crippen LogP contribution in [0.5, 0.6) is 0 Å². The SMILES string of the molecule is CCOCc1ccccc1CNC(=O)CN1CCC(CCNC)CC1. The quantitative estimate of drug-likeness (QED) is 0.681. The smallest absolute Gasteiger partial charge is 0.234 e. The maximum absolute atomic E-state index is 12.3. The number of benzene rings is 1. The van der Waals surface area contributed by atoms with Crippen molar-refractivity contribution in [3.8, 4) is 0 Å². The molecule has 5 nitrogen and oxygen atoms in total. The van der Waals surface area contributed by atoms with Gasteiger partial charge in [-0.15, -0.1) is 0 Å². The third-order valence-electron chi connectivity index (χ3n) is 4.93. The van der Waals surface area contributed by atoms with Crippen molar-refractivity contribution in [1.29, 1.82) is 0 Å². The molecule has 0 aliphatic carbocycles. The van der Waals surface area contributed by atoms with Crippen LogP contribution in [0.15, 0.2) is 24.3 Å². The van der Waals surface area contributed by atoms with Gasteiger partial charge < -0.3 is 15.4 Å². The molecule has 0 spiro atoms. The zero-order valence-corrected chi connectivity index (χ0v) is 15.7. The van der Waals surface area contributed by atoms with E-state index in [2.05, 4.69) is 27.7 Å². The molecule has 25 heavy (non-hydrogen) atoms. The maximum Gasteiger partial charge on any atom is 0.234 e. The van der Waals surface area contributed by atoms with Gasteiger partial charge in [-0.25, -0.2) is 0 Å². The van der Waals surface area contributed by atoms with Crippen LogP contribution >= 0.6 is 0 Å². The average Bonchev–Trinajstić information content (AvgIpc) is 2.65. The van der Waals surface area contributed by atoms with Crippen molar-refractivity contribution in [3.05, 3.63) is 35.4 Å². The zero-order chi connectivity index (χ0) is 17.9. The Morgan fingerprint density at radius 1 is 1.24 bits per heavy atom. The van der Waals surface area contributed by atoms with E-state index in [0.717, 1.165) is 36.7 Å². The number of likely N-dealkylation sites (tertiary alicyclic amines) is 1. The largest absolute Gasteiger partial charge is 0.377 e. The van der Waals surface area contributed by atoms with Gasteiger partial charge in [-0.1, -0.05) is 24.3 Å². The van der Waals surface area contributed by atoms with Crippen LogP contribution in [0.2, 0.25) is 0 Å². The second-order valence-corrected chi connectivity index (χ2v) is 6.79. The van der Waals surface area contributed by atoms with Crippen LogP contribution in [-0.4, -0.2) is 50.6 Å². The van der Waals surface area contributed by atoms with Crippen molar-refractivity contribution in [1.82, 2.24) is 15.5 Å². The second kappa shape index (κ2) is 11.2. The highest BCUT2D eigenvalue weighted by molar-refractivity contribution is 5.78. The highest BCUT2D eigenvalue weighted by Crippen LogP contribution is 2.19. The lowest BCUT2D eigenvalue weighted by molar-refractivity contribution is -0.122. The van der Waals surface area contributed by atoms with Crippen LogP contribution in [0.25, 0.3) is 0 Å². The van der Waals surface area contributed by atoms with Crippen LogP contribution in [0.3, 0.4) is 0 Å². The molecule has 5 heteroatoms. The van der Waals surface area contributed by atoms with E-state index in [1.165, 1.54) is 19.3 Å². The molecule has 1 heterocycles. The molecule has 1 saturated heterocycles. The molecule has 0 radical (unpaired) electrons. The Bertz CT molecular complexity index is 513. The number of ether oxygens (including phenoxy) is 1. The Balaban J connectivity index is 1.71. The Kier molecular flexibility index (Phi) is 8.94. The molecule has 1 aromatic carbocycles. The Morgan fingerprint density at radius 2 is 1.96 bits per heavy atom. The summed E-state index contributed by atoms with van der Waals surface area (Å²) in [5, 5.41) is 6.28. The molecule has 2 N–H and O–H groups in total. The van der Waals surface area contributed by atoms with Gasteiger partial charge in [-0.05, 0) is 69.9 Å². The minimum absolute atomic E-state index is 0.111. The fourth-order valence-electron chi connectivity index (χ4n) is 3.32. The van der Waals surface area contributed by atoms with E-state index in [0.29, 0.717) is 26.3 Å². The van der Waals surface area contributed by atoms with Gasteiger partial charge in [-0.3, -0.25) is 9.69 Å². The summed E-state index contributed by atoms with van der Waals surface area (Å²) in [6, 6.07) is 8.14. The molecule has 2 rings (SSSR count). The molecule has 1 aliphatic rings. The first kappa shape index (κ1) is 19.9. The van der Waals surface area contributed by atoms with Gasteiger partial charge in [0, 0.05) is 13.2 Å². The van der Waals surface area contributed by atoms with Crippen LogP contribution in [-0.2, 0) is 22.7 Å². The average molecular weight is 348 g/mol. The molecule has 0 saturated carbocycles. The van der Waals surface area contributed by atoms with E-state index in [9.17, 15) is 4.79 Å². The summed E-state index contributed by atoms with van der Waals surface area (Å²) in [4.78, 5) is 14.5. The number of carbonyl (C=O) groups excluding carboxylic acids is 1. The first-order valence-corrected chi connectivity index (χ1v) is 9.51. The summed E-state index contributed by atoms with van der Waals surface area (Å²) >= 11 is 0. The summed E-state index contributed by atoms with van der Waals surface area (Å²) in [6.07, 6.45) is 3.64. The van der Waals surface area contributed by atoms with Crippen LogP contribution < -0.4 is 10.6 Å². The number of rotatable bonds is 10. The highest BCUT2D eigenvalue weighted by Gasteiger charge is 2.20. The molecule has 1 aliphatic heterocycles. The first-order valence-electron chi connectivity index (χ1n) is 9.51. The summed E-state index contributed by atoms with van der Waals surface area (Å²) in [5.41, 5.74) is 2.28. The molecular weight excluding hydrogens is 314 g/mol. The number of hydrogen-bond acceptors (Lipinski definition) is 4. The van der Waals surface area contributed by atoms with Crippen molar-refractivity contribution >= 4 is 5.91 Å². The third kappa shape index (κ3) is 7.14. The highest BCUT2D eigenvalue weighted by atomic mass is 16.5. The van der Waals surface area contributed by atoms with Crippen molar-refractivity contribution in [2.45, 2.75) is 39.3 Å². The van der Waals surface area contributed by atoms with Crippen molar-refractivity contribution in [3.63, 3.8) is 0 Å². The van der Waals surface area contributed by atoms with Gasteiger partial charge >= 0.3 is 0 Å². The molecule has 0 aromatic heterocycles. The minimum Gasteiger partial charge on any atom is -0.377 e. The molecule has 0 bridgehead atoms. The molecule has 1 aromatic rings. The van der Waals surface area contributed by atoms with Crippen molar-refractivity contribution < 1.29 is 9.53 Å². The van der Waals surface area contributed by atoms with Gasteiger partial charge in [0.05, 0.1) is 13.2 Å². The molecule has 0 unspecified atom stereocenters. The van der Waals surface area contributed by atoms with Crippen molar-refractivity contribution in [2.75, 3.05) is 39.8 Å². The van der Waals surface area contributed by atoms with Gasteiger partial charge in [0.1, 0.15) is 0 Å². The number of carbonyl (C=O) groups is 1. The van der Waals surface area contributed by atoms with E-state index < -0.39 is 0 Å². The van der Waals surface area contributed by atoms with E-state index >= 15 is 0 Å². The van der Waals surface area contributed by atoms with Crippen LogP contribution in [0.1, 0.15) is 37.3 Å². The summed E-state index contributed by atoms with van der Waals surface area (Å²) < 4.78 is 5.50. The summed E-state index contributed by atoms with van der Waals surface area (Å²) in [7, 11) is 2.01. The molecule has 1 fully saturated rings. The number of amides is 1. The normalized spacial score (nSPS) is 16.1. The molecule has 1 amide bonds.